The third kappa shape index (κ3) is 4.57. The zero-order valence-electron chi connectivity index (χ0n) is 15.2. The van der Waals surface area contributed by atoms with E-state index in [9.17, 15) is 4.79 Å². The molecule has 0 saturated carbocycles. The first-order chi connectivity index (χ1) is 12.6. The van der Waals surface area contributed by atoms with Gasteiger partial charge in [-0.2, -0.15) is 5.10 Å². The number of pyridine rings is 1. The molecule has 134 valence electrons. The van der Waals surface area contributed by atoms with E-state index in [4.69, 9.17) is 0 Å². The van der Waals surface area contributed by atoms with E-state index in [2.05, 4.69) is 10.1 Å². The van der Waals surface area contributed by atoms with Crippen LogP contribution in [0, 0.1) is 0 Å². The molecule has 0 fully saturated rings. The number of aryl methyl sites for hydroxylation is 2. The molecular weight excluding hydrogens is 324 g/mol. The van der Waals surface area contributed by atoms with Gasteiger partial charge in [0.2, 0.25) is 5.91 Å². The fourth-order valence-corrected chi connectivity index (χ4v) is 3.00. The number of aromatic nitrogens is 3. The van der Waals surface area contributed by atoms with E-state index in [-0.39, 0.29) is 11.9 Å². The SMILES string of the molecule is C[C@H](c1ccccn1)N(Cc1ccccc1)C(=O)CCc1cnn(C)c1. The lowest BCUT2D eigenvalue weighted by molar-refractivity contribution is -0.134. The summed E-state index contributed by atoms with van der Waals surface area (Å²) < 4.78 is 1.76. The second kappa shape index (κ2) is 8.43. The Kier molecular flexibility index (Phi) is 5.79. The fourth-order valence-electron chi connectivity index (χ4n) is 3.00. The Morgan fingerprint density at radius 2 is 1.88 bits per heavy atom. The number of hydrogen-bond acceptors (Lipinski definition) is 3. The highest BCUT2D eigenvalue weighted by Gasteiger charge is 2.22. The molecule has 0 aliphatic carbocycles. The fraction of sp³-hybridized carbons (Fsp3) is 0.286. The molecule has 0 unspecified atom stereocenters. The van der Waals surface area contributed by atoms with Gasteiger partial charge < -0.3 is 4.90 Å². The van der Waals surface area contributed by atoms with Crippen molar-refractivity contribution < 1.29 is 4.79 Å². The molecule has 3 rings (SSSR count). The van der Waals surface area contributed by atoms with Crippen molar-refractivity contribution in [3.63, 3.8) is 0 Å². The van der Waals surface area contributed by atoms with Gasteiger partial charge in [0.1, 0.15) is 0 Å². The van der Waals surface area contributed by atoms with Crippen LogP contribution < -0.4 is 0 Å². The number of carbonyl (C=O) groups is 1. The van der Waals surface area contributed by atoms with E-state index in [0.29, 0.717) is 19.4 Å². The Labute approximate surface area is 154 Å². The van der Waals surface area contributed by atoms with Gasteiger partial charge in [-0.15, -0.1) is 0 Å². The molecule has 2 aromatic heterocycles. The molecule has 0 aliphatic rings. The van der Waals surface area contributed by atoms with Crippen molar-refractivity contribution >= 4 is 5.91 Å². The van der Waals surface area contributed by atoms with Crippen LogP contribution in [0.25, 0.3) is 0 Å². The third-order valence-electron chi connectivity index (χ3n) is 4.49. The van der Waals surface area contributed by atoms with Gasteiger partial charge in [-0.3, -0.25) is 14.5 Å². The smallest absolute Gasteiger partial charge is 0.223 e. The average Bonchev–Trinajstić information content (AvgIpc) is 3.10. The lowest BCUT2D eigenvalue weighted by Crippen LogP contribution is -2.33. The molecule has 1 atom stereocenters. The maximum Gasteiger partial charge on any atom is 0.223 e. The highest BCUT2D eigenvalue weighted by molar-refractivity contribution is 5.77. The van der Waals surface area contributed by atoms with Gasteiger partial charge in [-0.05, 0) is 36.6 Å². The highest BCUT2D eigenvalue weighted by atomic mass is 16.2. The standard InChI is InChI=1S/C21H24N4O/c1-17(20-10-6-7-13-22-20)25(16-18-8-4-3-5-9-18)21(26)12-11-19-14-23-24(2)15-19/h3-10,13-15,17H,11-12,16H2,1-2H3/t17-/m1/s1. The zero-order chi connectivity index (χ0) is 18.4. The number of carbonyl (C=O) groups excluding carboxylic acids is 1. The predicted molar refractivity (Wildman–Crippen MR) is 101 cm³/mol. The quantitative estimate of drug-likeness (QED) is 0.656. The minimum absolute atomic E-state index is 0.0854. The van der Waals surface area contributed by atoms with E-state index in [1.54, 1.807) is 10.9 Å². The second-order valence-corrected chi connectivity index (χ2v) is 6.46. The van der Waals surface area contributed by atoms with Gasteiger partial charge in [-0.25, -0.2) is 0 Å². The lowest BCUT2D eigenvalue weighted by atomic mass is 10.1. The number of amides is 1. The first kappa shape index (κ1) is 17.9. The summed E-state index contributed by atoms with van der Waals surface area (Å²) in [5, 5.41) is 4.17. The summed E-state index contributed by atoms with van der Waals surface area (Å²) in [7, 11) is 1.89. The van der Waals surface area contributed by atoms with Crippen LogP contribution in [-0.2, 0) is 24.8 Å². The van der Waals surface area contributed by atoms with Crippen molar-refractivity contribution in [1.29, 1.82) is 0 Å². The first-order valence-corrected chi connectivity index (χ1v) is 8.85. The van der Waals surface area contributed by atoms with Gasteiger partial charge in [0.15, 0.2) is 0 Å². The van der Waals surface area contributed by atoms with E-state index < -0.39 is 0 Å². The number of benzene rings is 1. The Balaban J connectivity index is 1.76. The molecular formula is C21H24N4O. The van der Waals surface area contributed by atoms with E-state index in [1.165, 1.54) is 0 Å². The maximum absolute atomic E-state index is 13.0. The van der Waals surface area contributed by atoms with Gasteiger partial charge in [-0.1, -0.05) is 36.4 Å². The summed E-state index contributed by atoms with van der Waals surface area (Å²) >= 11 is 0. The van der Waals surface area contributed by atoms with Crippen LogP contribution in [0.4, 0.5) is 0 Å². The summed E-state index contributed by atoms with van der Waals surface area (Å²) in [4.78, 5) is 19.4. The Hall–Kier alpha value is -2.95. The summed E-state index contributed by atoms with van der Waals surface area (Å²) in [6.45, 7) is 2.61. The minimum Gasteiger partial charge on any atom is -0.330 e. The summed E-state index contributed by atoms with van der Waals surface area (Å²) in [6, 6.07) is 15.8. The molecule has 0 spiro atoms. The molecule has 0 saturated heterocycles. The molecule has 3 aromatic rings. The zero-order valence-corrected chi connectivity index (χ0v) is 15.2. The summed E-state index contributed by atoms with van der Waals surface area (Å²) in [5.41, 5.74) is 3.09. The van der Waals surface area contributed by atoms with Gasteiger partial charge >= 0.3 is 0 Å². The molecule has 26 heavy (non-hydrogen) atoms. The monoisotopic (exact) mass is 348 g/mol. The Bertz CT molecular complexity index is 829. The first-order valence-electron chi connectivity index (χ1n) is 8.85. The lowest BCUT2D eigenvalue weighted by Gasteiger charge is -2.29. The predicted octanol–water partition coefficient (Wildman–Crippen LogP) is 3.54. The molecule has 0 bridgehead atoms. The van der Waals surface area contributed by atoms with Crippen LogP contribution in [0.1, 0.15) is 36.2 Å². The second-order valence-electron chi connectivity index (χ2n) is 6.46. The number of rotatable bonds is 7. The number of hydrogen-bond donors (Lipinski definition) is 0. The van der Waals surface area contributed by atoms with Crippen LogP contribution >= 0.6 is 0 Å². The molecule has 1 aromatic carbocycles. The van der Waals surface area contributed by atoms with Crippen molar-refractivity contribution in [3.8, 4) is 0 Å². The maximum atomic E-state index is 13.0. The van der Waals surface area contributed by atoms with Crippen LogP contribution in [-0.4, -0.2) is 25.6 Å². The van der Waals surface area contributed by atoms with E-state index in [1.807, 2.05) is 79.8 Å². The Morgan fingerprint density at radius 3 is 2.54 bits per heavy atom. The largest absolute Gasteiger partial charge is 0.330 e. The van der Waals surface area contributed by atoms with Crippen LogP contribution in [0.3, 0.4) is 0 Å². The van der Waals surface area contributed by atoms with E-state index >= 15 is 0 Å². The van der Waals surface area contributed by atoms with Crippen molar-refractivity contribution in [2.75, 3.05) is 0 Å². The highest BCUT2D eigenvalue weighted by Crippen LogP contribution is 2.22. The van der Waals surface area contributed by atoms with Crippen molar-refractivity contribution in [2.45, 2.75) is 32.4 Å². The van der Waals surface area contributed by atoms with Crippen LogP contribution in [0.5, 0.6) is 0 Å². The van der Waals surface area contributed by atoms with E-state index in [0.717, 1.165) is 16.8 Å². The molecule has 5 heteroatoms. The normalized spacial score (nSPS) is 11.9. The van der Waals surface area contributed by atoms with Gasteiger partial charge in [0, 0.05) is 32.4 Å². The molecule has 0 aliphatic heterocycles. The Morgan fingerprint density at radius 1 is 1.12 bits per heavy atom. The molecule has 0 radical (unpaired) electrons. The van der Waals surface area contributed by atoms with Crippen LogP contribution in [0.2, 0.25) is 0 Å². The summed E-state index contributed by atoms with van der Waals surface area (Å²) in [6.07, 6.45) is 6.68. The molecule has 2 heterocycles. The van der Waals surface area contributed by atoms with Crippen molar-refractivity contribution in [3.05, 3.63) is 83.9 Å². The van der Waals surface area contributed by atoms with Crippen molar-refractivity contribution in [1.82, 2.24) is 19.7 Å². The van der Waals surface area contributed by atoms with Crippen molar-refractivity contribution in [2.24, 2.45) is 7.05 Å². The molecule has 0 N–H and O–H groups in total. The average molecular weight is 348 g/mol. The number of nitrogens with zero attached hydrogens (tertiary/aromatic N) is 4. The van der Waals surface area contributed by atoms with Gasteiger partial charge in [0.05, 0.1) is 17.9 Å². The molecule has 1 amide bonds. The summed E-state index contributed by atoms with van der Waals surface area (Å²) in [5.74, 6) is 0.121. The molecule has 5 nitrogen and oxygen atoms in total. The van der Waals surface area contributed by atoms with Crippen LogP contribution in [0.15, 0.2) is 67.1 Å². The topological polar surface area (TPSA) is 51.0 Å². The third-order valence-corrected chi connectivity index (χ3v) is 4.49. The van der Waals surface area contributed by atoms with Gasteiger partial charge in [0.25, 0.3) is 0 Å². The minimum atomic E-state index is -0.0854.